The summed E-state index contributed by atoms with van der Waals surface area (Å²) in [6.07, 6.45) is 0.575. The maximum Gasteiger partial charge on any atom is 0.265 e. The number of aldehydes is 1. The second kappa shape index (κ2) is 7.88. The number of halogens is 1. The highest BCUT2D eigenvalue weighted by Crippen LogP contribution is 2.19. The number of phenols is 2. The normalized spacial score (nSPS) is 9.24. The van der Waals surface area contributed by atoms with Gasteiger partial charge in [0.05, 0.1) is 5.56 Å². The van der Waals surface area contributed by atoms with E-state index in [0.717, 1.165) is 0 Å². The average Bonchev–Trinajstić information content (AvgIpc) is 2.48. The zero-order valence-electron chi connectivity index (χ0n) is 10.8. The lowest BCUT2D eigenvalue weighted by atomic mass is 10.2. The van der Waals surface area contributed by atoms with Crippen LogP contribution in [0, 0.1) is 0 Å². The number of benzene rings is 2. The van der Waals surface area contributed by atoms with Crippen molar-refractivity contribution in [1.29, 1.82) is 0 Å². The van der Waals surface area contributed by atoms with Gasteiger partial charge in [-0.15, -0.1) is 0 Å². The van der Waals surface area contributed by atoms with Crippen LogP contribution in [0.4, 0.5) is 0 Å². The maximum absolute atomic E-state index is 10.8. The number of nitrogens with one attached hydrogen (secondary N) is 1. The van der Waals surface area contributed by atoms with Gasteiger partial charge >= 0.3 is 0 Å². The molecular formula is C14H13ClN2O4. The van der Waals surface area contributed by atoms with Gasteiger partial charge in [-0.05, 0) is 42.5 Å². The molecule has 7 heteroatoms. The Bertz CT molecular complexity index is 629. The van der Waals surface area contributed by atoms with Gasteiger partial charge in [0.2, 0.25) is 0 Å². The first-order valence-corrected chi connectivity index (χ1v) is 6.09. The number of phenolic OH excluding ortho intramolecular Hbond substituents is 2. The van der Waals surface area contributed by atoms with Crippen LogP contribution in [0.1, 0.15) is 20.7 Å². The van der Waals surface area contributed by atoms with Crippen LogP contribution in [0.2, 0.25) is 5.02 Å². The van der Waals surface area contributed by atoms with Crippen molar-refractivity contribution in [3.63, 3.8) is 0 Å². The quantitative estimate of drug-likeness (QED) is 0.293. The Balaban J connectivity index is 0.000000211. The number of amides is 1. The third kappa shape index (κ3) is 5.13. The molecule has 2 rings (SSSR count). The van der Waals surface area contributed by atoms with E-state index in [1.807, 2.05) is 5.43 Å². The van der Waals surface area contributed by atoms with Gasteiger partial charge in [0.25, 0.3) is 5.91 Å². The van der Waals surface area contributed by atoms with E-state index in [-0.39, 0.29) is 23.0 Å². The van der Waals surface area contributed by atoms with Gasteiger partial charge in [0.1, 0.15) is 11.5 Å². The number of carbonyl (C=O) groups is 2. The van der Waals surface area contributed by atoms with Crippen molar-refractivity contribution < 1.29 is 19.8 Å². The average molecular weight is 309 g/mol. The summed E-state index contributed by atoms with van der Waals surface area (Å²) >= 11 is 5.50. The Hall–Kier alpha value is -2.57. The Morgan fingerprint density at radius 2 is 1.76 bits per heavy atom. The summed E-state index contributed by atoms with van der Waals surface area (Å²) in [6, 6.07) is 10.1. The van der Waals surface area contributed by atoms with Crippen LogP contribution in [0.25, 0.3) is 0 Å². The van der Waals surface area contributed by atoms with Crippen molar-refractivity contribution in [3.05, 3.63) is 58.6 Å². The lowest BCUT2D eigenvalue weighted by Crippen LogP contribution is -2.29. The van der Waals surface area contributed by atoms with E-state index < -0.39 is 0 Å². The molecule has 21 heavy (non-hydrogen) atoms. The fraction of sp³-hybridized carbons (Fsp3) is 0. The molecule has 0 aromatic heterocycles. The van der Waals surface area contributed by atoms with Crippen LogP contribution < -0.4 is 11.3 Å². The molecule has 0 aliphatic heterocycles. The highest BCUT2D eigenvalue weighted by atomic mass is 35.5. The number of carbonyl (C=O) groups excluding carboxylic acids is 2. The van der Waals surface area contributed by atoms with Gasteiger partial charge in [0.15, 0.2) is 6.29 Å². The molecule has 0 unspecified atom stereocenters. The van der Waals surface area contributed by atoms with Crippen LogP contribution in [-0.2, 0) is 0 Å². The Morgan fingerprint density at radius 1 is 1.14 bits per heavy atom. The van der Waals surface area contributed by atoms with Crippen LogP contribution in [0.15, 0.2) is 42.5 Å². The molecule has 0 saturated carbocycles. The number of hydrazine groups is 1. The van der Waals surface area contributed by atoms with Crippen molar-refractivity contribution in [2.75, 3.05) is 0 Å². The predicted molar refractivity (Wildman–Crippen MR) is 78.3 cm³/mol. The fourth-order valence-corrected chi connectivity index (χ4v) is 1.48. The third-order valence-electron chi connectivity index (χ3n) is 2.38. The Labute approximate surface area is 125 Å². The minimum Gasteiger partial charge on any atom is -0.508 e. The fourth-order valence-electron chi connectivity index (χ4n) is 1.31. The summed E-state index contributed by atoms with van der Waals surface area (Å²) in [5.74, 6) is 4.55. The second-order valence-corrected chi connectivity index (χ2v) is 4.28. The predicted octanol–water partition coefficient (Wildman–Crippen LogP) is 1.85. The standard InChI is InChI=1S/C7H5ClO2.C7H8N2O2/c8-6-2-1-5(4-9)7(10)3-6;8-9-7(11)5-1-3-6(10)4-2-5/h1-4,10H;1-4,10H,8H2,(H,9,11). The molecule has 1 amide bonds. The van der Waals surface area contributed by atoms with Gasteiger partial charge in [-0.1, -0.05) is 11.6 Å². The molecule has 0 atom stereocenters. The lowest BCUT2D eigenvalue weighted by Gasteiger charge is -1.97. The van der Waals surface area contributed by atoms with E-state index in [1.165, 1.54) is 36.4 Å². The molecule has 0 spiro atoms. The van der Waals surface area contributed by atoms with Crippen LogP contribution in [0.5, 0.6) is 11.5 Å². The van der Waals surface area contributed by atoms with Crippen LogP contribution >= 0.6 is 11.6 Å². The second-order valence-electron chi connectivity index (χ2n) is 3.84. The van der Waals surface area contributed by atoms with E-state index in [2.05, 4.69) is 0 Å². The van der Waals surface area contributed by atoms with Crippen molar-refractivity contribution in [2.24, 2.45) is 5.84 Å². The van der Waals surface area contributed by atoms with Crippen molar-refractivity contribution in [1.82, 2.24) is 5.43 Å². The minimum atomic E-state index is -0.370. The highest BCUT2D eigenvalue weighted by Gasteiger charge is 2.00. The minimum absolute atomic E-state index is 0.0810. The van der Waals surface area contributed by atoms with Crippen LogP contribution in [0.3, 0.4) is 0 Å². The number of hydrogen-bond acceptors (Lipinski definition) is 5. The molecule has 0 bridgehead atoms. The number of nitrogens with two attached hydrogens (primary N) is 1. The number of hydrogen-bond donors (Lipinski definition) is 4. The summed E-state index contributed by atoms with van der Waals surface area (Å²) in [5.41, 5.74) is 2.66. The van der Waals surface area contributed by atoms with Gasteiger partial charge in [-0.2, -0.15) is 0 Å². The molecule has 2 aromatic rings. The first kappa shape index (κ1) is 16.5. The van der Waals surface area contributed by atoms with E-state index >= 15 is 0 Å². The van der Waals surface area contributed by atoms with Gasteiger partial charge in [-0.25, -0.2) is 5.84 Å². The van der Waals surface area contributed by atoms with Crippen molar-refractivity contribution in [2.45, 2.75) is 0 Å². The third-order valence-corrected chi connectivity index (χ3v) is 2.62. The van der Waals surface area contributed by atoms with Gasteiger partial charge < -0.3 is 10.2 Å². The molecule has 5 N–H and O–H groups in total. The number of aromatic hydroxyl groups is 2. The van der Waals surface area contributed by atoms with E-state index in [4.69, 9.17) is 27.7 Å². The topological polar surface area (TPSA) is 113 Å². The smallest absolute Gasteiger partial charge is 0.265 e. The molecule has 0 heterocycles. The maximum atomic E-state index is 10.8. The molecule has 2 aromatic carbocycles. The van der Waals surface area contributed by atoms with E-state index in [1.54, 1.807) is 6.07 Å². The first-order valence-electron chi connectivity index (χ1n) is 5.71. The molecule has 6 nitrogen and oxygen atoms in total. The largest absolute Gasteiger partial charge is 0.508 e. The summed E-state index contributed by atoms with van der Waals surface area (Å²) in [7, 11) is 0. The van der Waals surface area contributed by atoms with Gasteiger partial charge in [0, 0.05) is 10.6 Å². The van der Waals surface area contributed by atoms with E-state index in [0.29, 0.717) is 16.9 Å². The van der Waals surface area contributed by atoms with Crippen LogP contribution in [-0.4, -0.2) is 22.4 Å². The molecule has 0 aliphatic rings. The molecular weight excluding hydrogens is 296 g/mol. The summed E-state index contributed by atoms with van der Waals surface area (Å²) < 4.78 is 0. The summed E-state index contributed by atoms with van der Waals surface area (Å²) in [6.45, 7) is 0. The molecule has 0 saturated heterocycles. The summed E-state index contributed by atoms with van der Waals surface area (Å²) in [4.78, 5) is 20.9. The molecule has 110 valence electrons. The monoisotopic (exact) mass is 308 g/mol. The zero-order chi connectivity index (χ0) is 15.8. The Morgan fingerprint density at radius 3 is 2.24 bits per heavy atom. The zero-order valence-corrected chi connectivity index (χ0v) is 11.5. The van der Waals surface area contributed by atoms with E-state index in [9.17, 15) is 9.59 Å². The van der Waals surface area contributed by atoms with Gasteiger partial charge in [-0.3, -0.25) is 15.0 Å². The van der Waals surface area contributed by atoms with Crippen molar-refractivity contribution in [3.8, 4) is 11.5 Å². The SMILES string of the molecule is NNC(=O)c1ccc(O)cc1.O=Cc1ccc(Cl)cc1O. The highest BCUT2D eigenvalue weighted by molar-refractivity contribution is 6.30. The number of nitrogen functional groups attached to an aromatic ring is 1. The first-order chi connectivity index (χ1) is 9.97. The van der Waals surface area contributed by atoms with Crippen molar-refractivity contribution >= 4 is 23.8 Å². The molecule has 0 radical (unpaired) electrons. The number of rotatable bonds is 2. The Kier molecular flexibility index (Phi) is 6.19. The lowest BCUT2D eigenvalue weighted by molar-refractivity contribution is 0.0953. The molecule has 0 fully saturated rings. The molecule has 0 aliphatic carbocycles. The summed E-state index contributed by atoms with van der Waals surface area (Å²) in [5, 5.41) is 18.2.